The van der Waals surface area contributed by atoms with Gasteiger partial charge in [-0.25, -0.2) is 0 Å². The SMILES string of the molecule is N=C(N)CCCSC1CCCC1. The molecule has 2 nitrogen and oxygen atoms in total. The molecule has 12 heavy (non-hydrogen) atoms. The topological polar surface area (TPSA) is 49.9 Å². The molecule has 1 aliphatic rings. The van der Waals surface area contributed by atoms with Crippen molar-refractivity contribution in [2.75, 3.05) is 5.75 Å². The average Bonchev–Trinajstić information content (AvgIpc) is 2.49. The summed E-state index contributed by atoms with van der Waals surface area (Å²) in [6.45, 7) is 0. The fraction of sp³-hybridized carbons (Fsp3) is 0.889. The smallest absolute Gasteiger partial charge is 0.0905 e. The highest BCUT2D eigenvalue weighted by molar-refractivity contribution is 7.99. The van der Waals surface area contributed by atoms with Gasteiger partial charge in [0.1, 0.15) is 0 Å². The molecule has 0 saturated heterocycles. The van der Waals surface area contributed by atoms with Crippen LogP contribution in [0.2, 0.25) is 0 Å². The maximum absolute atomic E-state index is 7.05. The molecule has 0 unspecified atom stereocenters. The molecular formula is C9H18N2S. The summed E-state index contributed by atoms with van der Waals surface area (Å²) in [4.78, 5) is 0. The molecule has 0 radical (unpaired) electrons. The average molecular weight is 186 g/mol. The van der Waals surface area contributed by atoms with Gasteiger partial charge in [0, 0.05) is 11.7 Å². The van der Waals surface area contributed by atoms with Crippen LogP contribution in [0, 0.1) is 5.41 Å². The van der Waals surface area contributed by atoms with Crippen molar-refractivity contribution in [1.82, 2.24) is 0 Å². The second kappa shape index (κ2) is 5.46. The molecule has 3 heteroatoms. The Morgan fingerprint density at radius 3 is 2.67 bits per heavy atom. The number of thioether (sulfide) groups is 1. The van der Waals surface area contributed by atoms with E-state index in [0.29, 0.717) is 5.84 Å². The number of amidine groups is 1. The Labute approximate surface area is 78.8 Å². The van der Waals surface area contributed by atoms with Gasteiger partial charge in [-0.05, 0) is 25.0 Å². The Balaban J connectivity index is 1.91. The molecule has 0 aromatic carbocycles. The normalized spacial score (nSPS) is 18.3. The van der Waals surface area contributed by atoms with E-state index in [4.69, 9.17) is 11.1 Å². The zero-order valence-electron chi connectivity index (χ0n) is 7.51. The van der Waals surface area contributed by atoms with Crippen LogP contribution in [0.25, 0.3) is 0 Å². The van der Waals surface area contributed by atoms with Gasteiger partial charge in [-0.2, -0.15) is 11.8 Å². The Bertz CT molecular complexity index is 141. The molecule has 1 aliphatic carbocycles. The Kier molecular flexibility index (Phi) is 4.51. The summed E-state index contributed by atoms with van der Waals surface area (Å²) in [7, 11) is 0. The lowest BCUT2D eigenvalue weighted by Gasteiger charge is -2.07. The molecular weight excluding hydrogens is 168 g/mol. The first-order valence-corrected chi connectivity index (χ1v) is 5.78. The van der Waals surface area contributed by atoms with E-state index in [-0.39, 0.29) is 0 Å². The maximum atomic E-state index is 7.05. The zero-order chi connectivity index (χ0) is 8.81. The van der Waals surface area contributed by atoms with Crippen LogP contribution in [0.5, 0.6) is 0 Å². The summed E-state index contributed by atoms with van der Waals surface area (Å²) in [5, 5.41) is 7.96. The third-order valence-electron chi connectivity index (χ3n) is 2.25. The summed E-state index contributed by atoms with van der Waals surface area (Å²) >= 11 is 2.07. The van der Waals surface area contributed by atoms with Gasteiger partial charge in [0.05, 0.1) is 5.84 Å². The van der Waals surface area contributed by atoms with Crippen LogP contribution in [-0.4, -0.2) is 16.8 Å². The van der Waals surface area contributed by atoms with E-state index >= 15 is 0 Å². The Morgan fingerprint density at radius 1 is 1.42 bits per heavy atom. The lowest BCUT2D eigenvalue weighted by Crippen LogP contribution is -2.09. The largest absolute Gasteiger partial charge is 0.388 e. The first kappa shape index (κ1) is 9.90. The Morgan fingerprint density at radius 2 is 2.08 bits per heavy atom. The predicted octanol–water partition coefficient (Wildman–Crippen LogP) is 2.38. The van der Waals surface area contributed by atoms with Crippen LogP contribution in [0.4, 0.5) is 0 Å². The molecule has 0 atom stereocenters. The van der Waals surface area contributed by atoms with Gasteiger partial charge in [-0.1, -0.05) is 12.8 Å². The van der Waals surface area contributed by atoms with Crippen molar-refractivity contribution in [2.45, 2.75) is 43.8 Å². The highest BCUT2D eigenvalue weighted by atomic mass is 32.2. The molecule has 3 N–H and O–H groups in total. The van der Waals surface area contributed by atoms with Crippen LogP contribution >= 0.6 is 11.8 Å². The second-order valence-electron chi connectivity index (χ2n) is 3.41. The standard InChI is InChI=1S/C9H18N2S/c10-9(11)6-3-7-12-8-4-1-2-5-8/h8H,1-7H2,(H3,10,11). The minimum Gasteiger partial charge on any atom is -0.388 e. The van der Waals surface area contributed by atoms with Gasteiger partial charge in [0.2, 0.25) is 0 Å². The maximum Gasteiger partial charge on any atom is 0.0905 e. The monoisotopic (exact) mass is 186 g/mol. The van der Waals surface area contributed by atoms with Crippen molar-refractivity contribution in [1.29, 1.82) is 5.41 Å². The zero-order valence-corrected chi connectivity index (χ0v) is 8.33. The lowest BCUT2D eigenvalue weighted by atomic mass is 10.3. The van der Waals surface area contributed by atoms with E-state index in [1.807, 2.05) is 0 Å². The minimum absolute atomic E-state index is 0.335. The molecule has 0 aromatic heterocycles. The van der Waals surface area contributed by atoms with Gasteiger partial charge in [-0.3, -0.25) is 5.41 Å². The summed E-state index contributed by atoms with van der Waals surface area (Å²) < 4.78 is 0. The number of hydrogen-bond acceptors (Lipinski definition) is 2. The van der Waals surface area contributed by atoms with Crippen LogP contribution in [0.3, 0.4) is 0 Å². The summed E-state index contributed by atoms with van der Waals surface area (Å²) in [5.41, 5.74) is 5.26. The third-order valence-corrected chi connectivity index (χ3v) is 3.71. The van der Waals surface area contributed by atoms with E-state index in [1.165, 1.54) is 31.4 Å². The van der Waals surface area contributed by atoms with Gasteiger partial charge in [0.25, 0.3) is 0 Å². The van der Waals surface area contributed by atoms with Gasteiger partial charge in [-0.15, -0.1) is 0 Å². The van der Waals surface area contributed by atoms with Gasteiger partial charge >= 0.3 is 0 Å². The molecule has 0 aliphatic heterocycles. The van der Waals surface area contributed by atoms with Crippen molar-refractivity contribution in [3.63, 3.8) is 0 Å². The molecule has 1 saturated carbocycles. The fourth-order valence-corrected chi connectivity index (χ4v) is 2.88. The van der Waals surface area contributed by atoms with E-state index in [2.05, 4.69) is 11.8 Å². The number of rotatable bonds is 5. The predicted molar refractivity (Wildman–Crippen MR) is 55.9 cm³/mol. The van der Waals surface area contributed by atoms with Crippen molar-refractivity contribution >= 4 is 17.6 Å². The fourth-order valence-electron chi connectivity index (χ4n) is 1.57. The van der Waals surface area contributed by atoms with Crippen LogP contribution in [-0.2, 0) is 0 Å². The van der Waals surface area contributed by atoms with Crippen LogP contribution in [0.15, 0.2) is 0 Å². The van der Waals surface area contributed by atoms with Gasteiger partial charge < -0.3 is 5.73 Å². The van der Waals surface area contributed by atoms with E-state index in [0.717, 1.165) is 18.1 Å². The highest BCUT2D eigenvalue weighted by Crippen LogP contribution is 2.29. The van der Waals surface area contributed by atoms with E-state index < -0.39 is 0 Å². The molecule has 0 bridgehead atoms. The molecule has 0 aromatic rings. The van der Waals surface area contributed by atoms with Crippen molar-refractivity contribution < 1.29 is 0 Å². The van der Waals surface area contributed by atoms with Crippen molar-refractivity contribution in [3.05, 3.63) is 0 Å². The molecule has 1 rings (SSSR count). The van der Waals surface area contributed by atoms with Crippen LogP contribution < -0.4 is 5.73 Å². The Hall–Kier alpha value is -0.180. The quantitative estimate of drug-likeness (QED) is 0.393. The molecule has 0 amide bonds. The van der Waals surface area contributed by atoms with Crippen molar-refractivity contribution in [3.8, 4) is 0 Å². The third kappa shape index (κ3) is 4.00. The molecule has 0 spiro atoms. The molecule has 70 valence electrons. The second-order valence-corrected chi connectivity index (χ2v) is 4.81. The summed E-state index contributed by atoms with van der Waals surface area (Å²) in [5.74, 6) is 1.52. The van der Waals surface area contributed by atoms with Crippen molar-refractivity contribution in [2.24, 2.45) is 5.73 Å². The van der Waals surface area contributed by atoms with E-state index in [1.54, 1.807) is 0 Å². The highest BCUT2D eigenvalue weighted by Gasteiger charge is 2.14. The first-order valence-electron chi connectivity index (χ1n) is 4.73. The van der Waals surface area contributed by atoms with E-state index in [9.17, 15) is 0 Å². The number of nitrogens with one attached hydrogen (secondary N) is 1. The number of hydrogen-bond donors (Lipinski definition) is 2. The van der Waals surface area contributed by atoms with Gasteiger partial charge in [0.15, 0.2) is 0 Å². The van der Waals surface area contributed by atoms with Crippen LogP contribution in [0.1, 0.15) is 38.5 Å². The first-order chi connectivity index (χ1) is 5.79. The summed E-state index contributed by atoms with van der Waals surface area (Å²) in [6.07, 6.45) is 7.51. The lowest BCUT2D eigenvalue weighted by molar-refractivity contribution is 0.886. The molecule has 0 heterocycles. The number of nitrogens with two attached hydrogens (primary N) is 1. The minimum atomic E-state index is 0.335. The summed E-state index contributed by atoms with van der Waals surface area (Å²) in [6, 6.07) is 0. The molecule has 1 fully saturated rings.